The molecular weight excluding hydrogens is 370 g/mol. The maximum Gasteiger partial charge on any atom is 0.225 e. The lowest BCUT2D eigenvalue weighted by atomic mass is 9.83. The van der Waals surface area contributed by atoms with Gasteiger partial charge in [-0.1, -0.05) is 18.2 Å². The molecule has 8 heteroatoms. The van der Waals surface area contributed by atoms with Gasteiger partial charge in [0.2, 0.25) is 11.8 Å². The standard InChI is InChI=1S/C21H29N5O3/c1-5-25-19(27)11-10-17(20(25)16-8-6-7-9-18(16)29-4)21(28)22-12-13-26-15(3)23-14(2)24-26/h6-9,17,20H,5,10-13H2,1-4H3,(H,22,28)/t17-,20+/m1/s1. The van der Waals surface area contributed by atoms with E-state index in [0.29, 0.717) is 38.2 Å². The molecule has 0 saturated carbocycles. The van der Waals surface area contributed by atoms with Gasteiger partial charge in [0.05, 0.1) is 25.6 Å². The molecule has 0 bridgehead atoms. The van der Waals surface area contributed by atoms with Crippen LogP contribution in [0.5, 0.6) is 5.75 Å². The summed E-state index contributed by atoms with van der Waals surface area (Å²) in [6.07, 6.45) is 0.893. The molecule has 8 nitrogen and oxygen atoms in total. The van der Waals surface area contributed by atoms with Gasteiger partial charge in [-0.25, -0.2) is 9.67 Å². The van der Waals surface area contributed by atoms with Crippen molar-refractivity contribution in [1.82, 2.24) is 25.0 Å². The van der Waals surface area contributed by atoms with Gasteiger partial charge in [0, 0.05) is 25.1 Å². The molecule has 1 saturated heterocycles. The molecular formula is C21H29N5O3. The van der Waals surface area contributed by atoms with Crippen LogP contribution in [0, 0.1) is 19.8 Å². The molecule has 0 spiro atoms. The zero-order valence-electron chi connectivity index (χ0n) is 17.5. The van der Waals surface area contributed by atoms with Crippen LogP contribution in [0.4, 0.5) is 0 Å². The van der Waals surface area contributed by atoms with Crippen molar-refractivity contribution in [2.24, 2.45) is 5.92 Å². The molecule has 0 radical (unpaired) electrons. The third-order valence-corrected chi connectivity index (χ3v) is 5.43. The Bertz CT molecular complexity index is 879. The van der Waals surface area contributed by atoms with Crippen molar-refractivity contribution in [3.8, 4) is 5.75 Å². The second kappa shape index (κ2) is 9.07. The molecule has 2 heterocycles. The van der Waals surface area contributed by atoms with E-state index < -0.39 is 0 Å². The zero-order valence-corrected chi connectivity index (χ0v) is 17.5. The molecule has 0 unspecified atom stereocenters. The van der Waals surface area contributed by atoms with Gasteiger partial charge in [-0.05, 0) is 33.3 Å². The Balaban J connectivity index is 1.78. The number of nitrogens with one attached hydrogen (secondary N) is 1. The van der Waals surface area contributed by atoms with Crippen molar-refractivity contribution < 1.29 is 14.3 Å². The monoisotopic (exact) mass is 399 g/mol. The number of aromatic nitrogens is 3. The summed E-state index contributed by atoms with van der Waals surface area (Å²) in [5.41, 5.74) is 0.868. The predicted molar refractivity (Wildman–Crippen MR) is 108 cm³/mol. The Labute approximate surface area is 171 Å². The number of hydrogen-bond donors (Lipinski definition) is 1. The number of nitrogens with zero attached hydrogens (tertiary/aromatic N) is 4. The summed E-state index contributed by atoms with van der Waals surface area (Å²) < 4.78 is 7.31. The number of hydrogen-bond acceptors (Lipinski definition) is 5. The number of para-hydroxylation sites is 1. The van der Waals surface area contributed by atoms with Gasteiger partial charge < -0.3 is 15.0 Å². The molecule has 156 valence electrons. The number of carbonyl (C=O) groups excluding carboxylic acids is 2. The molecule has 1 N–H and O–H groups in total. The lowest BCUT2D eigenvalue weighted by Gasteiger charge is -2.40. The van der Waals surface area contributed by atoms with Crippen molar-refractivity contribution >= 4 is 11.8 Å². The summed E-state index contributed by atoms with van der Waals surface area (Å²) in [6.45, 7) is 7.24. The molecule has 2 atom stereocenters. The van der Waals surface area contributed by atoms with Crippen LogP contribution >= 0.6 is 0 Å². The number of rotatable bonds is 7. The molecule has 1 aromatic carbocycles. The van der Waals surface area contributed by atoms with E-state index >= 15 is 0 Å². The summed E-state index contributed by atoms with van der Waals surface area (Å²) >= 11 is 0. The van der Waals surface area contributed by atoms with Crippen molar-refractivity contribution in [3.63, 3.8) is 0 Å². The first-order valence-corrected chi connectivity index (χ1v) is 10.0. The predicted octanol–water partition coefficient (Wildman–Crippen LogP) is 2.02. The average Bonchev–Trinajstić information content (AvgIpc) is 3.04. The summed E-state index contributed by atoms with van der Waals surface area (Å²) in [4.78, 5) is 31.7. The van der Waals surface area contributed by atoms with Crippen molar-refractivity contribution in [1.29, 1.82) is 0 Å². The highest BCUT2D eigenvalue weighted by Crippen LogP contribution is 2.40. The van der Waals surface area contributed by atoms with E-state index in [1.54, 1.807) is 16.7 Å². The smallest absolute Gasteiger partial charge is 0.225 e. The molecule has 1 aliphatic heterocycles. The summed E-state index contributed by atoms with van der Waals surface area (Å²) in [6, 6.07) is 7.27. The first kappa shape index (κ1) is 20.8. The largest absolute Gasteiger partial charge is 0.496 e. The van der Waals surface area contributed by atoms with Gasteiger partial charge in [0.25, 0.3) is 0 Å². The number of piperidine rings is 1. The molecule has 1 fully saturated rings. The summed E-state index contributed by atoms with van der Waals surface area (Å²) in [5, 5.41) is 7.35. The van der Waals surface area contributed by atoms with Crippen LogP contribution in [0.1, 0.15) is 43.0 Å². The fourth-order valence-corrected chi connectivity index (χ4v) is 4.08. The summed E-state index contributed by atoms with van der Waals surface area (Å²) in [7, 11) is 1.61. The van der Waals surface area contributed by atoms with Gasteiger partial charge >= 0.3 is 0 Å². The van der Waals surface area contributed by atoms with Crippen LogP contribution in [-0.4, -0.2) is 51.7 Å². The number of amides is 2. The first-order valence-electron chi connectivity index (χ1n) is 10.0. The Morgan fingerprint density at radius 3 is 2.72 bits per heavy atom. The van der Waals surface area contributed by atoms with E-state index in [9.17, 15) is 9.59 Å². The van der Waals surface area contributed by atoms with E-state index in [4.69, 9.17) is 4.74 Å². The van der Waals surface area contributed by atoms with Crippen LogP contribution < -0.4 is 10.1 Å². The third kappa shape index (κ3) is 4.41. The van der Waals surface area contributed by atoms with Gasteiger partial charge in [0.1, 0.15) is 17.4 Å². The Kier molecular flexibility index (Phi) is 6.51. The van der Waals surface area contributed by atoms with E-state index in [1.165, 1.54) is 0 Å². The minimum atomic E-state index is -0.340. The second-order valence-electron chi connectivity index (χ2n) is 7.23. The van der Waals surface area contributed by atoms with Crippen molar-refractivity contribution in [2.45, 2.75) is 46.2 Å². The average molecular weight is 399 g/mol. The second-order valence-corrected chi connectivity index (χ2v) is 7.23. The molecule has 1 aromatic heterocycles. The SMILES string of the molecule is CCN1C(=O)CC[C@@H](C(=O)NCCn2nc(C)nc2C)[C@@H]1c1ccccc1OC. The lowest BCUT2D eigenvalue weighted by Crippen LogP contribution is -2.48. The minimum absolute atomic E-state index is 0.0543. The number of aryl methyl sites for hydroxylation is 2. The Hall–Kier alpha value is -2.90. The number of ether oxygens (including phenoxy) is 1. The van der Waals surface area contributed by atoms with Gasteiger partial charge in [-0.2, -0.15) is 5.10 Å². The van der Waals surface area contributed by atoms with E-state index in [1.807, 2.05) is 45.0 Å². The van der Waals surface area contributed by atoms with E-state index in [-0.39, 0.29) is 23.8 Å². The lowest BCUT2D eigenvalue weighted by molar-refractivity contribution is -0.143. The van der Waals surface area contributed by atoms with Gasteiger partial charge in [-0.3, -0.25) is 9.59 Å². The van der Waals surface area contributed by atoms with Crippen LogP contribution in [0.15, 0.2) is 24.3 Å². The maximum atomic E-state index is 13.1. The quantitative estimate of drug-likeness (QED) is 0.769. The number of methoxy groups -OCH3 is 1. The molecule has 1 aliphatic rings. The van der Waals surface area contributed by atoms with Crippen LogP contribution in [0.3, 0.4) is 0 Å². The molecule has 0 aliphatic carbocycles. The van der Waals surface area contributed by atoms with Gasteiger partial charge in [0.15, 0.2) is 0 Å². The number of benzene rings is 1. The minimum Gasteiger partial charge on any atom is -0.496 e. The Morgan fingerprint density at radius 1 is 1.31 bits per heavy atom. The molecule has 2 amide bonds. The van der Waals surface area contributed by atoms with E-state index in [2.05, 4.69) is 15.4 Å². The normalized spacial score (nSPS) is 19.3. The highest BCUT2D eigenvalue weighted by molar-refractivity contribution is 5.85. The third-order valence-electron chi connectivity index (χ3n) is 5.43. The number of carbonyl (C=O) groups is 2. The summed E-state index contributed by atoms with van der Waals surface area (Å²) in [5.74, 6) is 1.92. The highest BCUT2D eigenvalue weighted by atomic mass is 16.5. The fraction of sp³-hybridized carbons (Fsp3) is 0.524. The first-order chi connectivity index (χ1) is 14.0. The van der Waals surface area contributed by atoms with Gasteiger partial charge in [-0.15, -0.1) is 0 Å². The molecule has 29 heavy (non-hydrogen) atoms. The highest BCUT2D eigenvalue weighted by Gasteiger charge is 2.41. The van der Waals surface area contributed by atoms with Crippen LogP contribution in [-0.2, 0) is 16.1 Å². The van der Waals surface area contributed by atoms with Crippen molar-refractivity contribution in [3.05, 3.63) is 41.5 Å². The molecule has 2 aromatic rings. The van der Waals surface area contributed by atoms with Crippen LogP contribution in [0.25, 0.3) is 0 Å². The molecule has 3 rings (SSSR count). The topological polar surface area (TPSA) is 89.4 Å². The maximum absolute atomic E-state index is 13.1. The van der Waals surface area contributed by atoms with E-state index in [0.717, 1.165) is 17.2 Å². The van der Waals surface area contributed by atoms with Crippen molar-refractivity contribution in [2.75, 3.05) is 20.2 Å². The Morgan fingerprint density at radius 2 is 2.07 bits per heavy atom. The fourth-order valence-electron chi connectivity index (χ4n) is 4.08. The zero-order chi connectivity index (χ0) is 21.0. The van der Waals surface area contributed by atoms with Crippen LogP contribution in [0.2, 0.25) is 0 Å². The number of likely N-dealkylation sites (tertiary alicyclic amines) is 1.